The van der Waals surface area contributed by atoms with Crippen molar-refractivity contribution in [3.63, 3.8) is 0 Å². The van der Waals surface area contributed by atoms with Crippen molar-refractivity contribution in [2.45, 2.75) is 77.0 Å². The molecule has 0 saturated carbocycles. The zero-order chi connectivity index (χ0) is 51.9. The molecule has 1 aliphatic carbocycles. The second-order valence-electron chi connectivity index (χ2n) is 24.2. The molecule has 10 aromatic carbocycles. The van der Waals surface area contributed by atoms with E-state index in [1.165, 1.54) is 100 Å². The first-order valence-corrected chi connectivity index (χ1v) is 27.2. The molecule has 0 fully saturated rings. The van der Waals surface area contributed by atoms with E-state index in [4.69, 9.17) is 0 Å². The van der Waals surface area contributed by atoms with Gasteiger partial charge in [-0.3, -0.25) is 0 Å². The van der Waals surface area contributed by atoms with Crippen molar-refractivity contribution in [3.8, 4) is 11.1 Å². The minimum absolute atomic E-state index is 0.00306. The van der Waals surface area contributed by atoms with Crippen molar-refractivity contribution in [1.29, 1.82) is 0 Å². The molecule has 368 valence electrons. The summed E-state index contributed by atoms with van der Waals surface area (Å²) >= 11 is 0. The summed E-state index contributed by atoms with van der Waals surface area (Å²) in [5.74, 6) is 0. The van der Waals surface area contributed by atoms with Crippen molar-refractivity contribution < 1.29 is 0 Å². The first kappa shape index (κ1) is 46.2. The first-order chi connectivity index (χ1) is 36.7. The molecule has 10 aromatic rings. The van der Waals surface area contributed by atoms with E-state index in [1.807, 2.05) is 0 Å². The molecule has 6 bridgehead atoms. The highest BCUT2D eigenvalue weighted by Gasteiger charge is 2.51. The summed E-state index contributed by atoms with van der Waals surface area (Å²) in [5, 5.41) is 0. The Bertz CT molecular complexity index is 3850. The van der Waals surface area contributed by atoms with Crippen molar-refractivity contribution in [2.24, 2.45) is 0 Å². The van der Waals surface area contributed by atoms with Gasteiger partial charge in [0.2, 0.25) is 0 Å². The third kappa shape index (κ3) is 6.69. The number of hydrogen-bond acceptors (Lipinski definition) is 3. The summed E-state index contributed by atoms with van der Waals surface area (Å²) in [6.45, 7) is 18.8. The third-order valence-corrected chi connectivity index (χ3v) is 17.4. The zero-order valence-electron chi connectivity index (χ0n) is 44.9. The van der Waals surface area contributed by atoms with E-state index < -0.39 is 10.8 Å². The summed E-state index contributed by atoms with van der Waals surface area (Å²) < 4.78 is 0. The molecule has 0 atom stereocenters. The Labute approximate surface area is 449 Å². The Morgan fingerprint density at radius 2 is 0.961 bits per heavy atom. The summed E-state index contributed by atoms with van der Waals surface area (Å²) in [6.07, 6.45) is 0. The number of anilines is 9. The lowest BCUT2D eigenvalue weighted by atomic mass is 9.33. The van der Waals surface area contributed by atoms with E-state index in [9.17, 15) is 0 Å². The second-order valence-corrected chi connectivity index (χ2v) is 24.2. The normalized spacial score (nSPS) is 15.0. The zero-order valence-corrected chi connectivity index (χ0v) is 44.9. The van der Waals surface area contributed by atoms with E-state index in [0.29, 0.717) is 0 Å². The lowest BCUT2D eigenvalue weighted by molar-refractivity contribution is 0.590. The van der Waals surface area contributed by atoms with Crippen LogP contribution in [0.4, 0.5) is 51.2 Å². The maximum Gasteiger partial charge on any atom is 0.252 e. The summed E-state index contributed by atoms with van der Waals surface area (Å²) in [7, 11) is 0. The summed E-state index contributed by atoms with van der Waals surface area (Å²) in [5.41, 5.74) is 26.4. The van der Waals surface area contributed by atoms with Gasteiger partial charge >= 0.3 is 0 Å². The Hall–Kier alpha value is -8.34. The van der Waals surface area contributed by atoms with Gasteiger partial charge in [0.15, 0.2) is 0 Å². The van der Waals surface area contributed by atoms with Gasteiger partial charge in [0, 0.05) is 56.5 Å². The van der Waals surface area contributed by atoms with Gasteiger partial charge in [-0.2, -0.15) is 0 Å². The lowest BCUT2D eigenvalue weighted by Crippen LogP contribution is -2.61. The van der Waals surface area contributed by atoms with Crippen LogP contribution in [0.2, 0.25) is 0 Å². The first-order valence-electron chi connectivity index (χ1n) is 27.2. The van der Waals surface area contributed by atoms with Crippen LogP contribution >= 0.6 is 0 Å². The van der Waals surface area contributed by atoms with Crippen LogP contribution in [-0.2, 0) is 21.7 Å². The maximum absolute atomic E-state index is 2.68. The van der Waals surface area contributed by atoms with Crippen LogP contribution in [-0.4, -0.2) is 6.71 Å². The fraction of sp³-hybridized carbons (Fsp3) is 0.167. The van der Waals surface area contributed by atoms with Crippen LogP contribution in [0.3, 0.4) is 0 Å². The highest BCUT2D eigenvalue weighted by atomic mass is 15.2. The Morgan fingerprint density at radius 1 is 0.382 bits per heavy atom. The maximum atomic E-state index is 2.68. The SMILES string of the molecule is CC(C)(C)c1ccc(N2c3cc(N(c4ccccc4)c4ccccc4)ccc3B3c4cc(C(C)(C)C)ccc4N4c5cc(cc2c53)C(C)(C)c2ccc3c(c2)C(c2ccccc2)(c2ccccc2)c2cccc4c2-3)cc1. The quantitative estimate of drug-likeness (QED) is 0.154. The molecule has 4 heteroatoms. The number of para-hydroxylation sites is 2. The molecule has 0 saturated heterocycles. The van der Waals surface area contributed by atoms with E-state index >= 15 is 0 Å². The van der Waals surface area contributed by atoms with Crippen LogP contribution in [0, 0.1) is 0 Å². The third-order valence-electron chi connectivity index (χ3n) is 17.4. The van der Waals surface area contributed by atoms with E-state index in [-0.39, 0.29) is 17.5 Å². The van der Waals surface area contributed by atoms with Gasteiger partial charge in [-0.05, 0) is 150 Å². The van der Waals surface area contributed by atoms with E-state index in [2.05, 4.69) is 301 Å². The van der Waals surface area contributed by atoms with Gasteiger partial charge in [-0.1, -0.05) is 213 Å². The summed E-state index contributed by atoms with van der Waals surface area (Å²) in [4.78, 5) is 7.69. The topological polar surface area (TPSA) is 9.72 Å². The molecule has 0 radical (unpaired) electrons. The van der Waals surface area contributed by atoms with Gasteiger partial charge in [0.1, 0.15) is 0 Å². The molecule has 4 aliphatic heterocycles. The minimum atomic E-state index is -0.557. The second kappa shape index (κ2) is 16.6. The Morgan fingerprint density at radius 3 is 1.57 bits per heavy atom. The number of hydrogen-bond donors (Lipinski definition) is 0. The molecule has 15 rings (SSSR count). The molecule has 3 nitrogen and oxygen atoms in total. The smallest absolute Gasteiger partial charge is 0.252 e. The van der Waals surface area contributed by atoms with Gasteiger partial charge in [0.05, 0.1) is 11.1 Å². The molecule has 0 aromatic heterocycles. The Balaban J connectivity index is 1.11. The number of rotatable bonds is 6. The molecule has 0 N–H and O–H groups in total. The van der Waals surface area contributed by atoms with Gasteiger partial charge in [-0.15, -0.1) is 0 Å². The fourth-order valence-corrected chi connectivity index (χ4v) is 13.5. The minimum Gasteiger partial charge on any atom is -0.311 e. The predicted molar refractivity (Wildman–Crippen MR) is 322 cm³/mol. The van der Waals surface area contributed by atoms with Crippen LogP contribution < -0.4 is 31.1 Å². The molecule has 0 unspecified atom stereocenters. The van der Waals surface area contributed by atoms with Crippen molar-refractivity contribution in [2.75, 3.05) is 14.7 Å². The lowest BCUT2D eigenvalue weighted by Gasteiger charge is -2.46. The highest BCUT2D eigenvalue weighted by Crippen LogP contribution is 2.61. The average Bonchev–Trinajstić information content (AvgIpc) is 3.92. The highest BCUT2D eigenvalue weighted by molar-refractivity contribution is 7.00. The number of benzene rings is 10. The van der Waals surface area contributed by atoms with E-state index in [0.717, 1.165) is 22.7 Å². The molecule has 4 heterocycles. The van der Waals surface area contributed by atoms with Crippen molar-refractivity contribution >= 4 is 74.3 Å². The van der Waals surface area contributed by atoms with Crippen molar-refractivity contribution in [3.05, 3.63) is 275 Å². The molecule has 0 amide bonds. The molecule has 5 aliphatic rings. The van der Waals surface area contributed by atoms with Crippen LogP contribution in [0.5, 0.6) is 0 Å². The molecule has 0 spiro atoms. The van der Waals surface area contributed by atoms with Gasteiger partial charge in [0.25, 0.3) is 6.71 Å². The van der Waals surface area contributed by atoms with Gasteiger partial charge < -0.3 is 14.7 Å². The van der Waals surface area contributed by atoms with E-state index in [1.54, 1.807) is 0 Å². The largest absolute Gasteiger partial charge is 0.311 e. The van der Waals surface area contributed by atoms with Gasteiger partial charge in [-0.25, -0.2) is 0 Å². The average molecular weight is 980 g/mol. The molecule has 76 heavy (non-hydrogen) atoms. The Kier molecular flexibility index (Phi) is 10.1. The summed E-state index contributed by atoms with van der Waals surface area (Å²) in [6, 6.07) is 88.1. The molecular weight excluding hydrogens is 918 g/mol. The van der Waals surface area contributed by atoms with Crippen LogP contribution in [0.25, 0.3) is 11.1 Å². The number of nitrogens with zero attached hydrogens (tertiary/aromatic N) is 3. The predicted octanol–water partition coefficient (Wildman–Crippen LogP) is 16.8. The standard InChI is InChI=1S/C72H62BN3/c1-69(2,3)47-32-36-55(37-33-47)75-64-46-56(74(53-26-17-11-18-27-53)54-28-19-12-20-29-54)38-40-60(64)73-61-43-50(70(4,5)6)35-41-62(61)76-63-31-21-30-58-67(63)57-39-34-51(71(7,8)52-44-65(75)68(73)66(76)45-52)42-59(57)72(58,48-22-13-9-14-23-48)49-24-15-10-16-25-49/h9-46H,1-8H3. The number of fused-ring (bicyclic) bond motifs is 5. The van der Waals surface area contributed by atoms with Crippen LogP contribution in [0.1, 0.15) is 99.9 Å². The van der Waals surface area contributed by atoms with Crippen molar-refractivity contribution in [1.82, 2.24) is 0 Å². The fourth-order valence-electron chi connectivity index (χ4n) is 13.5. The molecular formula is C72H62BN3. The van der Waals surface area contributed by atoms with Crippen LogP contribution in [0.15, 0.2) is 231 Å². The monoisotopic (exact) mass is 980 g/mol.